The third-order valence-corrected chi connectivity index (χ3v) is 6.79. The number of hydrogen-bond acceptors (Lipinski definition) is 17. The number of aliphatic hydroxyl groups is 9. The van der Waals surface area contributed by atoms with Gasteiger partial charge in [0.25, 0.3) is 0 Å². The Labute approximate surface area is 222 Å². The van der Waals surface area contributed by atoms with Gasteiger partial charge < -0.3 is 75.0 Å². The van der Waals surface area contributed by atoms with Crippen molar-refractivity contribution in [3.05, 3.63) is 0 Å². The highest BCUT2D eigenvalue weighted by Gasteiger charge is 2.54. The monoisotopic (exact) mass is 577 g/mol. The molecule has 15 atom stereocenters. The molecule has 0 bridgehead atoms. The minimum absolute atomic E-state index is 0.570. The van der Waals surface area contributed by atoms with Gasteiger partial charge in [-0.25, -0.2) is 0 Å². The first kappa shape index (κ1) is 31.7. The Bertz CT molecular complexity index is 767. The molecule has 3 aliphatic rings. The van der Waals surface area contributed by atoms with E-state index in [2.05, 4.69) is 18.2 Å². The van der Waals surface area contributed by atoms with E-state index in [0.717, 1.165) is 0 Å². The lowest BCUT2D eigenvalue weighted by atomic mass is 9.95. The lowest BCUT2D eigenvalue weighted by molar-refractivity contribution is -0.374. The molecule has 3 heterocycles. The van der Waals surface area contributed by atoms with Gasteiger partial charge in [0.15, 0.2) is 18.9 Å². The molecular weight excluding hydrogens is 542 g/mol. The van der Waals surface area contributed by atoms with Crippen LogP contribution in [0.2, 0.25) is 0 Å². The van der Waals surface area contributed by atoms with Gasteiger partial charge in [0.1, 0.15) is 73.2 Å². The van der Waals surface area contributed by atoms with Gasteiger partial charge in [0.05, 0.1) is 19.8 Å². The molecule has 3 saturated heterocycles. The second-order valence-corrected chi connectivity index (χ2v) is 9.36. The zero-order valence-corrected chi connectivity index (χ0v) is 21.0. The lowest BCUT2D eigenvalue weighted by Gasteiger charge is -2.48. The molecule has 3 aliphatic heterocycles. The third-order valence-electron chi connectivity index (χ3n) is 6.58. The van der Waals surface area contributed by atoms with Crippen LogP contribution >= 0.6 is 12.9 Å². The van der Waals surface area contributed by atoms with E-state index in [4.69, 9.17) is 27.9 Å². The summed E-state index contributed by atoms with van der Waals surface area (Å²) in [5, 5.41) is 94.0. The minimum Gasteiger partial charge on any atom is -0.394 e. The summed E-state index contributed by atoms with van der Waals surface area (Å²) < 4.78 is 32.2. The Hall–Kier alpha value is -0.780. The van der Waals surface area contributed by atoms with Crippen LogP contribution < -0.4 is 5.32 Å². The smallest absolute Gasteiger partial charge is 0.217 e. The van der Waals surface area contributed by atoms with Crippen molar-refractivity contribution in [2.24, 2.45) is 0 Å². The number of ether oxygens (including phenoxy) is 5. The van der Waals surface area contributed by atoms with Crippen LogP contribution in [-0.2, 0) is 32.7 Å². The van der Waals surface area contributed by atoms with E-state index in [1.54, 1.807) is 0 Å². The Morgan fingerprint density at radius 2 is 1.18 bits per heavy atom. The number of aliphatic hydroxyl groups excluding tert-OH is 9. The van der Waals surface area contributed by atoms with Gasteiger partial charge in [-0.2, -0.15) is 0 Å². The number of thiol groups is 1. The molecule has 10 N–H and O–H groups in total. The predicted molar refractivity (Wildman–Crippen MR) is 121 cm³/mol. The first-order valence-electron chi connectivity index (χ1n) is 11.7. The van der Waals surface area contributed by atoms with E-state index in [1.807, 2.05) is 0 Å². The average Bonchev–Trinajstić information content (AvgIpc) is 2.89. The summed E-state index contributed by atoms with van der Waals surface area (Å²) in [5.41, 5.74) is 0. The molecule has 0 aromatic heterocycles. The Balaban J connectivity index is 1.81. The second kappa shape index (κ2) is 13.7. The number of rotatable bonds is 9. The van der Waals surface area contributed by atoms with Gasteiger partial charge in [0, 0.05) is 6.92 Å². The standard InChI is InChI=1S/C20H35NO16S/c1-5(25)21-9-12(28)16(8(4-24)34-18(9)37-38)35-20-15(31)17(11(27)7(3-23)33-20)36-19-14(30)13(29)10(26)6(2-22)32-19/h6-20,22-24,26-31,38H,2-4H2,1H3,(H,21,25). The maximum absolute atomic E-state index is 11.6. The van der Waals surface area contributed by atoms with Crippen molar-refractivity contribution in [1.29, 1.82) is 0 Å². The summed E-state index contributed by atoms with van der Waals surface area (Å²) in [6.07, 6.45) is -22.7. The molecule has 18 heteroatoms. The van der Waals surface area contributed by atoms with Crippen LogP contribution in [0.25, 0.3) is 0 Å². The number of amides is 1. The summed E-state index contributed by atoms with van der Waals surface area (Å²) in [4.78, 5) is 11.6. The lowest BCUT2D eigenvalue weighted by Crippen LogP contribution is -2.68. The van der Waals surface area contributed by atoms with Crippen molar-refractivity contribution in [2.75, 3.05) is 19.8 Å². The molecule has 38 heavy (non-hydrogen) atoms. The summed E-state index contributed by atoms with van der Waals surface area (Å²) in [6.45, 7) is -1.12. The molecule has 0 aromatic carbocycles. The third kappa shape index (κ3) is 6.57. The van der Waals surface area contributed by atoms with Crippen LogP contribution in [0.3, 0.4) is 0 Å². The molecule has 3 fully saturated rings. The number of carbonyl (C=O) groups is 1. The highest BCUT2D eigenvalue weighted by molar-refractivity contribution is 7.75. The van der Waals surface area contributed by atoms with E-state index in [0.29, 0.717) is 0 Å². The molecule has 0 aliphatic carbocycles. The van der Waals surface area contributed by atoms with E-state index >= 15 is 0 Å². The second-order valence-electron chi connectivity index (χ2n) is 9.15. The van der Waals surface area contributed by atoms with Crippen molar-refractivity contribution in [1.82, 2.24) is 5.32 Å². The van der Waals surface area contributed by atoms with Crippen LogP contribution in [0.4, 0.5) is 0 Å². The number of hydrogen-bond donors (Lipinski definition) is 11. The fraction of sp³-hybridized carbons (Fsp3) is 0.950. The summed E-state index contributed by atoms with van der Waals surface area (Å²) in [5.74, 6) is -0.570. The van der Waals surface area contributed by atoms with Gasteiger partial charge in [-0.1, -0.05) is 0 Å². The van der Waals surface area contributed by atoms with Crippen molar-refractivity contribution in [3.8, 4) is 0 Å². The zero-order chi connectivity index (χ0) is 28.3. The van der Waals surface area contributed by atoms with Crippen molar-refractivity contribution in [3.63, 3.8) is 0 Å². The average molecular weight is 578 g/mol. The van der Waals surface area contributed by atoms with Crippen LogP contribution in [0.1, 0.15) is 6.92 Å². The van der Waals surface area contributed by atoms with Gasteiger partial charge >= 0.3 is 0 Å². The van der Waals surface area contributed by atoms with Crippen LogP contribution in [-0.4, -0.2) is 164 Å². The maximum Gasteiger partial charge on any atom is 0.217 e. The SMILES string of the molecule is CC(=O)NC1C(OS)OC(CO)C(OC2OC(CO)C(O)C(OC3OC(CO)C(O)C(O)C3O)C2O)C1O. The molecule has 3 rings (SSSR count). The highest BCUT2D eigenvalue weighted by Crippen LogP contribution is 2.32. The number of carbonyl (C=O) groups excluding carboxylic acids is 1. The molecule has 17 nitrogen and oxygen atoms in total. The fourth-order valence-corrected chi connectivity index (χ4v) is 4.71. The highest BCUT2D eigenvalue weighted by atomic mass is 32.1. The quantitative estimate of drug-likeness (QED) is 0.0898. The van der Waals surface area contributed by atoms with Gasteiger partial charge in [-0.15, -0.1) is 0 Å². The van der Waals surface area contributed by atoms with E-state index in [9.17, 15) is 50.8 Å². The van der Waals surface area contributed by atoms with Gasteiger partial charge in [-0.3, -0.25) is 8.98 Å². The van der Waals surface area contributed by atoms with E-state index in [-0.39, 0.29) is 0 Å². The minimum atomic E-state index is -1.90. The largest absolute Gasteiger partial charge is 0.394 e. The Morgan fingerprint density at radius 1 is 0.684 bits per heavy atom. The Morgan fingerprint density at radius 3 is 1.71 bits per heavy atom. The molecule has 0 spiro atoms. The Kier molecular flexibility index (Phi) is 11.5. The molecule has 222 valence electrons. The first-order chi connectivity index (χ1) is 18.0. The molecule has 0 radical (unpaired) electrons. The van der Waals surface area contributed by atoms with Crippen molar-refractivity contribution < 1.29 is 78.6 Å². The first-order valence-corrected chi connectivity index (χ1v) is 12.1. The van der Waals surface area contributed by atoms with Gasteiger partial charge in [-0.05, 0) is 12.9 Å². The molecule has 1 amide bonds. The summed E-state index contributed by atoms with van der Waals surface area (Å²) in [6, 6.07) is -1.24. The van der Waals surface area contributed by atoms with Crippen molar-refractivity contribution >= 4 is 18.8 Å². The van der Waals surface area contributed by atoms with Crippen LogP contribution in [0, 0.1) is 0 Å². The molecule has 0 saturated carbocycles. The van der Waals surface area contributed by atoms with E-state index < -0.39 is 118 Å². The van der Waals surface area contributed by atoms with Crippen LogP contribution in [0.15, 0.2) is 0 Å². The summed E-state index contributed by atoms with van der Waals surface area (Å²) in [7, 11) is 0. The van der Waals surface area contributed by atoms with E-state index in [1.165, 1.54) is 6.92 Å². The normalized spacial score (nSPS) is 48.0. The molecule has 0 aromatic rings. The topological polar surface area (TPSA) is 267 Å². The predicted octanol–water partition coefficient (Wildman–Crippen LogP) is -6.56. The molecular formula is C20H35NO16S. The molecule has 15 unspecified atom stereocenters. The van der Waals surface area contributed by atoms with Crippen molar-refractivity contribution in [2.45, 2.75) is 99.0 Å². The van der Waals surface area contributed by atoms with Gasteiger partial charge in [0.2, 0.25) is 5.91 Å². The van der Waals surface area contributed by atoms with Crippen LogP contribution in [0.5, 0.6) is 0 Å². The summed E-state index contributed by atoms with van der Waals surface area (Å²) >= 11 is 3.65. The number of nitrogens with one attached hydrogen (secondary N) is 1. The maximum atomic E-state index is 11.6. The zero-order valence-electron chi connectivity index (χ0n) is 20.1. The fourth-order valence-electron chi connectivity index (χ4n) is 4.53.